The Balaban J connectivity index is 1.47. The minimum atomic E-state index is -0.177. The molecule has 0 spiro atoms. The predicted octanol–water partition coefficient (Wildman–Crippen LogP) is 3.53. The molecule has 140 valence electrons. The molecule has 3 heterocycles. The summed E-state index contributed by atoms with van der Waals surface area (Å²) < 4.78 is 24.9. The van der Waals surface area contributed by atoms with Gasteiger partial charge in [0.25, 0.3) is 0 Å². The molecule has 4 nitrogen and oxygen atoms in total. The van der Waals surface area contributed by atoms with Gasteiger partial charge in [-0.3, -0.25) is 9.80 Å². The summed E-state index contributed by atoms with van der Waals surface area (Å²) in [4.78, 5) is 4.85. The summed E-state index contributed by atoms with van der Waals surface area (Å²) in [5.74, 6) is 1.36. The minimum Gasteiger partial charge on any atom is -0.468 e. The average molecular weight is 358 g/mol. The van der Waals surface area contributed by atoms with Crippen LogP contribution >= 0.6 is 0 Å². The Morgan fingerprint density at radius 2 is 2.04 bits per heavy atom. The van der Waals surface area contributed by atoms with Crippen molar-refractivity contribution in [2.45, 2.75) is 38.1 Å². The Labute approximate surface area is 154 Å². The van der Waals surface area contributed by atoms with Crippen LogP contribution in [0, 0.1) is 11.7 Å². The van der Waals surface area contributed by atoms with Crippen molar-refractivity contribution in [2.75, 3.05) is 26.7 Å². The SMILES string of the molecule is CN(Cc1ccco1)[C@@H]1CN(Cc2ccc(F)cc2)C[C@@H]2CCCO[C@@H]21. The van der Waals surface area contributed by atoms with Crippen LogP contribution in [0.2, 0.25) is 0 Å². The van der Waals surface area contributed by atoms with Crippen LogP contribution in [0.1, 0.15) is 24.2 Å². The van der Waals surface area contributed by atoms with Crippen LogP contribution in [0.15, 0.2) is 47.1 Å². The summed E-state index contributed by atoms with van der Waals surface area (Å²) >= 11 is 0. The number of halogens is 1. The van der Waals surface area contributed by atoms with Gasteiger partial charge in [0.15, 0.2) is 0 Å². The van der Waals surface area contributed by atoms with Crippen molar-refractivity contribution in [3.05, 3.63) is 59.8 Å². The van der Waals surface area contributed by atoms with Gasteiger partial charge in [-0.1, -0.05) is 12.1 Å². The number of rotatable bonds is 5. The molecule has 2 fully saturated rings. The molecule has 0 aliphatic carbocycles. The third-order valence-electron chi connectivity index (χ3n) is 5.68. The van der Waals surface area contributed by atoms with Gasteiger partial charge in [0.2, 0.25) is 0 Å². The lowest BCUT2D eigenvalue weighted by molar-refractivity contribution is -0.113. The molecular formula is C21H27FN2O2. The molecule has 4 rings (SSSR count). The molecule has 0 bridgehead atoms. The van der Waals surface area contributed by atoms with E-state index in [1.165, 1.54) is 6.42 Å². The van der Waals surface area contributed by atoms with Crippen LogP contribution in [0.5, 0.6) is 0 Å². The molecule has 1 aromatic carbocycles. The molecule has 2 aromatic rings. The Hall–Kier alpha value is -1.69. The Bertz CT molecular complexity index is 689. The summed E-state index contributed by atoms with van der Waals surface area (Å²) in [6.45, 7) is 4.51. The highest BCUT2D eigenvalue weighted by atomic mass is 19.1. The Morgan fingerprint density at radius 3 is 2.81 bits per heavy atom. The van der Waals surface area contributed by atoms with Crippen LogP contribution in [-0.2, 0) is 17.8 Å². The van der Waals surface area contributed by atoms with E-state index in [2.05, 4.69) is 16.8 Å². The minimum absolute atomic E-state index is 0.177. The quantitative estimate of drug-likeness (QED) is 0.818. The monoisotopic (exact) mass is 358 g/mol. The predicted molar refractivity (Wildman–Crippen MR) is 98.1 cm³/mol. The second-order valence-electron chi connectivity index (χ2n) is 7.62. The molecule has 0 amide bonds. The van der Waals surface area contributed by atoms with Gasteiger partial charge in [0.05, 0.1) is 18.9 Å². The smallest absolute Gasteiger partial charge is 0.123 e. The van der Waals surface area contributed by atoms with E-state index in [-0.39, 0.29) is 11.9 Å². The number of ether oxygens (including phenoxy) is 1. The molecule has 0 saturated carbocycles. The standard InChI is InChI=1S/C21H27FN2O2/c1-23(14-19-5-3-10-25-19)20-15-24(12-16-6-8-18(22)9-7-16)13-17-4-2-11-26-21(17)20/h3,5-10,17,20-21H,2,4,11-15H2,1H3/t17-,20+,21-/m0/s1. The van der Waals surface area contributed by atoms with Crippen molar-refractivity contribution < 1.29 is 13.5 Å². The highest BCUT2D eigenvalue weighted by Gasteiger charge is 2.41. The number of hydrogen-bond donors (Lipinski definition) is 0. The van der Waals surface area contributed by atoms with Gasteiger partial charge >= 0.3 is 0 Å². The molecule has 2 aliphatic heterocycles. The van der Waals surface area contributed by atoms with Gasteiger partial charge in [-0.2, -0.15) is 0 Å². The van der Waals surface area contributed by atoms with E-state index in [1.54, 1.807) is 18.4 Å². The van der Waals surface area contributed by atoms with Gasteiger partial charge in [0, 0.05) is 32.3 Å². The maximum Gasteiger partial charge on any atom is 0.123 e. The van der Waals surface area contributed by atoms with Crippen LogP contribution < -0.4 is 0 Å². The van der Waals surface area contributed by atoms with Crippen molar-refractivity contribution >= 4 is 0 Å². The highest BCUT2D eigenvalue weighted by molar-refractivity contribution is 5.16. The summed E-state index contributed by atoms with van der Waals surface area (Å²) in [5.41, 5.74) is 1.16. The molecule has 3 atom stereocenters. The van der Waals surface area contributed by atoms with Crippen molar-refractivity contribution in [1.82, 2.24) is 9.80 Å². The molecule has 2 aliphatic rings. The van der Waals surface area contributed by atoms with Gasteiger partial charge in [-0.05, 0) is 55.6 Å². The second kappa shape index (κ2) is 7.91. The first-order chi connectivity index (χ1) is 12.7. The zero-order chi connectivity index (χ0) is 17.9. The lowest BCUT2D eigenvalue weighted by Crippen LogP contribution is -2.59. The molecule has 1 aromatic heterocycles. The fourth-order valence-electron chi connectivity index (χ4n) is 4.39. The van der Waals surface area contributed by atoms with Crippen LogP contribution in [0.4, 0.5) is 4.39 Å². The number of benzene rings is 1. The summed E-state index contributed by atoms with van der Waals surface area (Å²) in [6, 6.07) is 11.2. The largest absolute Gasteiger partial charge is 0.468 e. The van der Waals surface area contributed by atoms with E-state index >= 15 is 0 Å². The number of piperidine rings is 1. The van der Waals surface area contributed by atoms with Gasteiger partial charge < -0.3 is 9.15 Å². The maximum atomic E-state index is 13.2. The zero-order valence-corrected chi connectivity index (χ0v) is 15.3. The van der Waals surface area contributed by atoms with E-state index in [0.717, 1.165) is 50.5 Å². The van der Waals surface area contributed by atoms with E-state index in [0.29, 0.717) is 12.0 Å². The maximum absolute atomic E-state index is 13.2. The summed E-state index contributed by atoms with van der Waals surface area (Å²) in [5, 5.41) is 0. The number of hydrogen-bond acceptors (Lipinski definition) is 4. The number of fused-ring (bicyclic) bond motifs is 1. The van der Waals surface area contributed by atoms with Crippen molar-refractivity contribution in [3.63, 3.8) is 0 Å². The average Bonchev–Trinajstić information content (AvgIpc) is 3.16. The third kappa shape index (κ3) is 4.00. The van der Waals surface area contributed by atoms with Crippen molar-refractivity contribution in [2.24, 2.45) is 5.92 Å². The van der Waals surface area contributed by atoms with E-state index in [4.69, 9.17) is 9.15 Å². The van der Waals surface area contributed by atoms with Gasteiger partial charge in [-0.25, -0.2) is 4.39 Å². The van der Waals surface area contributed by atoms with Gasteiger partial charge in [0.1, 0.15) is 11.6 Å². The van der Waals surface area contributed by atoms with Crippen LogP contribution in [0.25, 0.3) is 0 Å². The van der Waals surface area contributed by atoms with Crippen molar-refractivity contribution in [3.8, 4) is 0 Å². The van der Waals surface area contributed by atoms with Crippen molar-refractivity contribution in [1.29, 1.82) is 0 Å². The molecule has 0 radical (unpaired) electrons. The number of furan rings is 1. The van der Waals surface area contributed by atoms with Crippen LogP contribution in [-0.4, -0.2) is 48.7 Å². The Morgan fingerprint density at radius 1 is 1.19 bits per heavy atom. The zero-order valence-electron chi connectivity index (χ0n) is 15.3. The lowest BCUT2D eigenvalue weighted by atomic mass is 9.84. The number of nitrogens with zero attached hydrogens (tertiary/aromatic N) is 2. The molecular weight excluding hydrogens is 331 g/mol. The first-order valence-corrected chi connectivity index (χ1v) is 9.50. The fourth-order valence-corrected chi connectivity index (χ4v) is 4.39. The van der Waals surface area contributed by atoms with E-state index in [1.807, 2.05) is 24.3 Å². The molecule has 2 saturated heterocycles. The molecule has 0 N–H and O–H groups in total. The normalized spacial score (nSPS) is 26.8. The second-order valence-corrected chi connectivity index (χ2v) is 7.62. The lowest BCUT2D eigenvalue weighted by Gasteiger charge is -2.48. The summed E-state index contributed by atoms with van der Waals surface area (Å²) in [7, 11) is 2.16. The van der Waals surface area contributed by atoms with E-state index in [9.17, 15) is 4.39 Å². The molecule has 26 heavy (non-hydrogen) atoms. The van der Waals surface area contributed by atoms with Gasteiger partial charge in [-0.15, -0.1) is 0 Å². The topological polar surface area (TPSA) is 28.9 Å². The highest BCUT2D eigenvalue weighted by Crippen LogP contribution is 2.32. The number of likely N-dealkylation sites (tertiary alicyclic amines) is 1. The molecule has 5 heteroatoms. The first kappa shape index (κ1) is 17.7. The van der Waals surface area contributed by atoms with Crippen LogP contribution in [0.3, 0.4) is 0 Å². The summed E-state index contributed by atoms with van der Waals surface area (Å²) in [6.07, 6.45) is 4.37. The van der Waals surface area contributed by atoms with E-state index < -0.39 is 0 Å². The molecule has 0 unspecified atom stereocenters. The Kier molecular flexibility index (Phi) is 5.38. The third-order valence-corrected chi connectivity index (χ3v) is 5.68. The first-order valence-electron chi connectivity index (χ1n) is 9.50. The number of likely N-dealkylation sites (N-methyl/N-ethyl adjacent to an activating group) is 1. The fraction of sp³-hybridized carbons (Fsp3) is 0.524.